The van der Waals surface area contributed by atoms with Crippen molar-refractivity contribution in [1.29, 1.82) is 0 Å². The highest BCUT2D eigenvalue weighted by Gasteiger charge is 2.20. The van der Waals surface area contributed by atoms with E-state index in [0.717, 1.165) is 43.5 Å². The van der Waals surface area contributed by atoms with Gasteiger partial charge in [0.25, 0.3) is 0 Å². The van der Waals surface area contributed by atoms with E-state index in [1.807, 2.05) is 6.07 Å². The molecule has 0 amide bonds. The molecule has 0 heterocycles. The van der Waals surface area contributed by atoms with Crippen LogP contribution in [-0.4, -0.2) is 19.8 Å². The minimum atomic E-state index is 0.733. The lowest BCUT2D eigenvalue weighted by molar-refractivity contribution is 0.288. The van der Waals surface area contributed by atoms with Crippen molar-refractivity contribution in [2.45, 2.75) is 45.2 Å². The molecule has 1 fully saturated rings. The summed E-state index contributed by atoms with van der Waals surface area (Å²) in [7, 11) is 1.69. The number of ether oxygens (including phenoxy) is 2. The van der Waals surface area contributed by atoms with Gasteiger partial charge in [-0.15, -0.1) is 0 Å². The fourth-order valence-corrected chi connectivity index (χ4v) is 1.82. The predicted octanol–water partition coefficient (Wildman–Crippen LogP) is 3.13. The molecule has 1 aromatic rings. The zero-order chi connectivity index (χ0) is 12.8. The highest BCUT2D eigenvalue weighted by Crippen LogP contribution is 2.28. The number of benzene rings is 1. The normalized spacial score (nSPS) is 14.6. The molecular formula is C15H23NO2. The van der Waals surface area contributed by atoms with Crippen LogP contribution in [0.1, 0.15) is 38.2 Å². The van der Waals surface area contributed by atoms with E-state index in [1.165, 1.54) is 18.4 Å². The summed E-state index contributed by atoms with van der Waals surface area (Å²) < 4.78 is 11.1. The Balaban J connectivity index is 1.92. The summed E-state index contributed by atoms with van der Waals surface area (Å²) in [5.74, 6) is 1.68. The average molecular weight is 249 g/mol. The van der Waals surface area contributed by atoms with Crippen LogP contribution in [0, 0.1) is 0 Å². The van der Waals surface area contributed by atoms with Gasteiger partial charge in [0.2, 0.25) is 0 Å². The molecule has 0 atom stereocenters. The number of hydrogen-bond donors (Lipinski definition) is 1. The minimum absolute atomic E-state index is 0.733. The van der Waals surface area contributed by atoms with Crippen LogP contribution in [0.3, 0.4) is 0 Å². The van der Waals surface area contributed by atoms with Crippen molar-refractivity contribution in [3.05, 3.63) is 23.8 Å². The first kappa shape index (κ1) is 13.2. The third-order valence-corrected chi connectivity index (χ3v) is 3.16. The molecule has 1 aliphatic carbocycles. The summed E-state index contributed by atoms with van der Waals surface area (Å²) in [5, 5.41) is 3.50. The van der Waals surface area contributed by atoms with Crippen molar-refractivity contribution < 1.29 is 9.47 Å². The van der Waals surface area contributed by atoms with Gasteiger partial charge in [-0.1, -0.05) is 19.4 Å². The Kier molecular flexibility index (Phi) is 4.88. The maximum Gasteiger partial charge on any atom is 0.161 e. The Morgan fingerprint density at radius 3 is 2.78 bits per heavy atom. The lowest BCUT2D eigenvalue weighted by Gasteiger charge is -2.12. The molecule has 0 bridgehead atoms. The molecule has 1 aromatic carbocycles. The molecule has 0 spiro atoms. The first-order valence-corrected chi connectivity index (χ1v) is 6.86. The lowest BCUT2D eigenvalue weighted by Crippen LogP contribution is -2.15. The molecule has 18 heavy (non-hydrogen) atoms. The predicted molar refractivity (Wildman–Crippen MR) is 73.3 cm³/mol. The number of rotatable bonds is 8. The van der Waals surface area contributed by atoms with E-state index in [-0.39, 0.29) is 0 Å². The van der Waals surface area contributed by atoms with Crippen LogP contribution < -0.4 is 14.8 Å². The van der Waals surface area contributed by atoms with Gasteiger partial charge in [-0.05, 0) is 37.0 Å². The zero-order valence-electron chi connectivity index (χ0n) is 11.4. The lowest BCUT2D eigenvalue weighted by atomic mass is 10.2. The van der Waals surface area contributed by atoms with Gasteiger partial charge in [0.1, 0.15) is 0 Å². The van der Waals surface area contributed by atoms with Crippen molar-refractivity contribution in [2.75, 3.05) is 13.7 Å². The van der Waals surface area contributed by atoms with Crippen molar-refractivity contribution in [3.8, 4) is 11.5 Å². The molecule has 0 aliphatic heterocycles. The van der Waals surface area contributed by atoms with Gasteiger partial charge < -0.3 is 14.8 Å². The van der Waals surface area contributed by atoms with Crippen molar-refractivity contribution >= 4 is 0 Å². The standard InChI is InChI=1S/C15H23NO2/c1-3-4-9-18-14-8-5-12(10-15(14)17-2)11-16-13-6-7-13/h5,8,10,13,16H,3-4,6-7,9,11H2,1-2H3. The molecule has 2 rings (SSSR count). The Labute approximate surface area is 109 Å². The van der Waals surface area contributed by atoms with Gasteiger partial charge in [-0.25, -0.2) is 0 Å². The monoisotopic (exact) mass is 249 g/mol. The molecule has 1 aliphatic rings. The van der Waals surface area contributed by atoms with E-state index < -0.39 is 0 Å². The molecule has 0 unspecified atom stereocenters. The maximum absolute atomic E-state index is 5.72. The zero-order valence-corrected chi connectivity index (χ0v) is 11.4. The SMILES string of the molecule is CCCCOc1ccc(CNC2CC2)cc1OC. The van der Waals surface area contributed by atoms with Crippen LogP contribution in [-0.2, 0) is 6.54 Å². The van der Waals surface area contributed by atoms with Crippen LogP contribution in [0.5, 0.6) is 11.5 Å². The first-order chi connectivity index (χ1) is 8.83. The van der Waals surface area contributed by atoms with E-state index in [4.69, 9.17) is 9.47 Å². The molecule has 0 radical (unpaired) electrons. The molecule has 1 N–H and O–H groups in total. The molecule has 0 saturated heterocycles. The van der Waals surface area contributed by atoms with E-state index in [2.05, 4.69) is 24.4 Å². The van der Waals surface area contributed by atoms with Gasteiger partial charge in [0.05, 0.1) is 13.7 Å². The third-order valence-electron chi connectivity index (χ3n) is 3.16. The number of methoxy groups -OCH3 is 1. The van der Waals surface area contributed by atoms with Crippen LogP contribution in [0.4, 0.5) is 0 Å². The Hall–Kier alpha value is -1.22. The maximum atomic E-state index is 5.72. The summed E-state index contributed by atoms with van der Waals surface area (Å²) in [4.78, 5) is 0. The third kappa shape index (κ3) is 3.91. The summed E-state index contributed by atoms with van der Waals surface area (Å²) in [5.41, 5.74) is 1.25. The van der Waals surface area contributed by atoms with Gasteiger partial charge in [-0.3, -0.25) is 0 Å². The molecule has 3 heteroatoms. The van der Waals surface area contributed by atoms with Crippen molar-refractivity contribution in [2.24, 2.45) is 0 Å². The van der Waals surface area contributed by atoms with Crippen molar-refractivity contribution in [3.63, 3.8) is 0 Å². The van der Waals surface area contributed by atoms with Gasteiger partial charge in [0, 0.05) is 12.6 Å². The second-order valence-corrected chi connectivity index (χ2v) is 4.84. The van der Waals surface area contributed by atoms with Crippen LogP contribution in [0.25, 0.3) is 0 Å². The Morgan fingerprint density at radius 1 is 1.28 bits per heavy atom. The number of unbranched alkanes of at least 4 members (excludes halogenated alkanes) is 1. The second kappa shape index (κ2) is 6.64. The fourth-order valence-electron chi connectivity index (χ4n) is 1.82. The summed E-state index contributed by atoms with van der Waals surface area (Å²) in [6.07, 6.45) is 4.85. The van der Waals surface area contributed by atoms with Gasteiger partial charge in [0.15, 0.2) is 11.5 Å². The highest BCUT2D eigenvalue weighted by molar-refractivity contribution is 5.43. The topological polar surface area (TPSA) is 30.5 Å². The number of nitrogens with one attached hydrogen (secondary N) is 1. The summed E-state index contributed by atoms with van der Waals surface area (Å²) in [6, 6.07) is 6.92. The van der Waals surface area contributed by atoms with E-state index >= 15 is 0 Å². The molecular weight excluding hydrogens is 226 g/mol. The minimum Gasteiger partial charge on any atom is -0.493 e. The molecule has 1 saturated carbocycles. The van der Waals surface area contributed by atoms with Crippen LogP contribution in [0.2, 0.25) is 0 Å². The summed E-state index contributed by atoms with van der Waals surface area (Å²) in [6.45, 7) is 3.83. The fraction of sp³-hybridized carbons (Fsp3) is 0.600. The van der Waals surface area contributed by atoms with Gasteiger partial charge in [-0.2, -0.15) is 0 Å². The molecule has 100 valence electrons. The van der Waals surface area contributed by atoms with E-state index in [1.54, 1.807) is 7.11 Å². The Morgan fingerprint density at radius 2 is 2.11 bits per heavy atom. The van der Waals surface area contributed by atoms with Crippen molar-refractivity contribution in [1.82, 2.24) is 5.32 Å². The van der Waals surface area contributed by atoms with Crippen LogP contribution >= 0.6 is 0 Å². The van der Waals surface area contributed by atoms with E-state index in [9.17, 15) is 0 Å². The van der Waals surface area contributed by atoms with E-state index in [0.29, 0.717) is 0 Å². The quantitative estimate of drug-likeness (QED) is 0.718. The molecule has 0 aromatic heterocycles. The largest absolute Gasteiger partial charge is 0.493 e. The second-order valence-electron chi connectivity index (χ2n) is 4.84. The van der Waals surface area contributed by atoms with Crippen LogP contribution in [0.15, 0.2) is 18.2 Å². The summed E-state index contributed by atoms with van der Waals surface area (Å²) >= 11 is 0. The van der Waals surface area contributed by atoms with Gasteiger partial charge >= 0.3 is 0 Å². The molecule has 3 nitrogen and oxygen atoms in total. The smallest absolute Gasteiger partial charge is 0.161 e. The highest BCUT2D eigenvalue weighted by atomic mass is 16.5. The first-order valence-electron chi connectivity index (χ1n) is 6.86. The number of hydrogen-bond acceptors (Lipinski definition) is 3. The average Bonchev–Trinajstić information content (AvgIpc) is 3.21. The Bertz CT molecular complexity index is 375.